The van der Waals surface area contributed by atoms with Crippen molar-refractivity contribution >= 4 is 11.6 Å². The molecular weight excluding hydrogens is 247 g/mol. The van der Waals surface area contributed by atoms with Crippen LogP contribution >= 0.6 is 11.6 Å². The van der Waals surface area contributed by atoms with Gasteiger partial charge in [0.1, 0.15) is 5.82 Å². The molecule has 2 heteroatoms. The Bertz CT molecular complexity index is 575. The summed E-state index contributed by atoms with van der Waals surface area (Å²) in [5.41, 5.74) is 4.81. The predicted octanol–water partition coefficient (Wildman–Crippen LogP) is 5.08. The first kappa shape index (κ1) is 13.1. The van der Waals surface area contributed by atoms with Crippen molar-refractivity contribution < 1.29 is 4.39 Å². The van der Waals surface area contributed by atoms with E-state index in [1.54, 1.807) is 13.0 Å². The maximum Gasteiger partial charge on any atom is 0.126 e. The molecule has 0 heterocycles. The molecule has 94 valence electrons. The SMILES string of the molecule is Cc1ccc(C(Cl)c2ccc(C)c(F)c2)c(C)c1. The van der Waals surface area contributed by atoms with Gasteiger partial charge in [-0.05, 0) is 49.1 Å². The molecule has 0 aliphatic heterocycles. The Balaban J connectivity index is 2.41. The highest BCUT2D eigenvalue weighted by atomic mass is 35.5. The topological polar surface area (TPSA) is 0 Å². The second-order valence-electron chi connectivity index (χ2n) is 4.73. The van der Waals surface area contributed by atoms with E-state index in [-0.39, 0.29) is 11.2 Å². The Morgan fingerprint density at radius 3 is 2.28 bits per heavy atom. The largest absolute Gasteiger partial charge is 0.207 e. The Hall–Kier alpha value is -1.34. The van der Waals surface area contributed by atoms with Crippen molar-refractivity contribution in [1.29, 1.82) is 0 Å². The van der Waals surface area contributed by atoms with Crippen LogP contribution in [0.15, 0.2) is 36.4 Å². The van der Waals surface area contributed by atoms with Crippen LogP contribution < -0.4 is 0 Å². The zero-order chi connectivity index (χ0) is 13.3. The first-order valence-corrected chi connectivity index (χ1v) is 6.40. The Kier molecular flexibility index (Phi) is 3.72. The van der Waals surface area contributed by atoms with E-state index in [0.29, 0.717) is 5.56 Å². The molecule has 0 aliphatic carbocycles. The standard InChI is InChI=1S/C16H16ClF/c1-10-4-7-14(12(3)8-10)16(17)13-6-5-11(2)15(18)9-13/h4-9,16H,1-3H3. The molecule has 0 fully saturated rings. The third-order valence-electron chi connectivity index (χ3n) is 3.19. The van der Waals surface area contributed by atoms with Gasteiger partial charge in [-0.25, -0.2) is 4.39 Å². The van der Waals surface area contributed by atoms with E-state index >= 15 is 0 Å². The normalized spacial score (nSPS) is 12.5. The number of hydrogen-bond donors (Lipinski definition) is 0. The Labute approximate surface area is 112 Å². The average molecular weight is 263 g/mol. The molecule has 0 radical (unpaired) electrons. The van der Waals surface area contributed by atoms with Crippen molar-refractivity contribution in [1.82, 2.24) is 0 Å². The summed E-state index contributed by atoms with van der Waals surface area (Å²) >= 11 is 6.45. The number of hydrogen-bond acceptors (Lipinski definition) is 0. The summed E-state index contributed by atoms with van der Waals surface area (Å²) in [6, 6.07) is 11.3. The van der Waals surface area contributed by atoms with Crippen LogP contribution in [0.3, 0.4) is 0 Å². The van der Waals surface area contributed by atoms with Crippen LogP contribution in [0.5, 0.6) is 0 Å². The second kappa shape index (κ2) is 5.11. The molecular formula is C16H16ClF. The summed E-state index contributed by atoms with van der Waals surface area (Å²) in [7, 11) is 0. The van der Waals surface area contributed by atoms with Gasteiger partial charge in [-0.2, -0.15) is 0 Å². The van der Waals surface area contributed by atoms with Gasteiger partial charge < -0.3 is 0 Å². The Morgan fingerprint density at radius 2 is 1.67 bits per heavy atom. The van der Waals surface area contributed by atoms with E-state index in [9.17, 15) is 4.39 Å². The van der Waals surface area contributed by atoms with Crippen LogP contribution in [0.25, 0.3) is 0 Å². The first-order valence-electron chi connectivity index (χ1n) is 5.96. The molecule has 0 spiro atoms. The van der Waals surface area contributed by atoms with Crippen molar-refractivity contribution in [3.63, 3.8) is 0 Å². The molecule has 2 rings (SSSR count). The number of benzene rings is 2. The molecule has 0 bridgehead atoms. The van der Waals surface area contributed by atoms with E-state index in [1.165, 1.54) is 11.6 Å². The van der Waals surface area contributed by atoms with Gasteiger partial charge in [0.05, 0.1) is 5.38 Å². The fraction of sp³-hybridized carbons (Fsp3) is 0.250. The molecule has 0 amide bonds. The van der Waals surface area contributed by atoms with Crippen LogP contribution in [0, 0.1) is 26.6 Å². The minimum Gasteiger partial charge on any atom is -0.207 e. The molecule has 0 N–H and O–H groups in total. The summed E-state index contributed by atoms with van der Waals surface area (Å²) < 4.78 is 13.6. The zero-order valence-electron chi connectivity index (χ0n) is 10.8. The highest BCUT2D eigenvalue weighted by molar-refractivity contribution is 6.22. The minimum absolute atomic E-state index is 0.206. The summed E-state index contributed by atoms with van der Waals surface area (Å²) in [5.74, 6) is -0.206. The number of rotatable bonds is 2. The van der Waals surface area contributed by atoms with Gasteiger partial charge in [-0.15, -0.1) is 11.6 Å². The lowest BCUT2D eigenvalue weighted by molar-refractivity contribution is 0.616. The summed E-state index contributed by atoms with van der Waals surface area (Å²) in [4.78, 5) is 0. The molecule has 2 aromatic carbocycles. The van der Waals surface area contributed by atoms with Crippen LogP contribution in [0.2, 0.25) is 0 Å². The highest BCUT2D eigenvalue weighted by Gasteiger charge is 2.14. The Morgan fingerprint density at radius 1 is 0.944 bits per heavy atom. The third kappa shape index (κ3) is 2.56. The van der Waals surface area contributed by atoms with Gasteiger partial charge in [0.25, 0.3) is 0 Å². The van der Waals surface area contributed by atoms with E-state index in [2.05, 4.69) is 6.07 Å². The van der Waals surface area contributed by atoms with Gasteiger partial charge in [0, 0.05) is 0 Å². The van der Waals surface area contributed by atoms with Crippen LogP contribution in [-0.4, -0.2) is 0 Å². The molecule has 0 aliphatic rings. The fourth-order valence-corrected chi connectivity index (χ4v) is 2.44. The van der Waals surface area contributed by atoms with Crippen molar-refractivity contribution in [2.24, 2.45) is 0 Å². The molecule has 1 atom stereocenters. The predicted molar refractivity (Wildman–Crippen MR) is 74.7 cm³/mol. The van der Waals surface area contributed by atoms with E-state index < -0.39 is 0 Å². The maximum atomic E-state index is 13.6. The fourth-order valence-electron chi connectivity index (χ4n) is 2.06. The van der Waals surface area contributed by atoms with Gasteiger partial charge in [0.15, 0.2) is 0 Å². The molecule has 0 nitrogen and oxygen atoms in total. The molecule has 0 aromatic heterocycles. The molecule has 2 aromatic rings. The van der Waals surface area contributed by atoms with Crippen molar-refractivity contribution in [2.75, 3.05) is 0 Å². The molecule has 18 heavy (non-hydrogen) atoms. The summed E-state index contributed by atoms with van der Waals surface area (Å²) in [6.07, 6.45) is 0. The highest BCUT2D eigenvalue weighted by Crippen LogP contribution is 2.32. The lowest BCUT2D eigenvalue weighted by Gasteiger charge is -2.14. The first-order chi connectivity index (χ1) is 8.49. The molecule has 0 saturated heterocycles. The van der Waals surface area contributed by atoms with Gasteiger partial charge >= 0.3 is 0 Å². The van der Waals surface area contributed by atoms with Gasteiger partial charge in [-0.3, -0.25) is 0 Å². The van der Waals surface area contributed by atoms with Crippen LogP contribution in [-0.2, 0) is 0 Å². The van der Waals surface area contributed by atoms with E-state index in [1.807, 2.05) is 32.0 Å². The quantitative estimate of drug-likeness (QED) is 0.662. The van der Waals surface area contributed by atoms with E-state index in [0.717, 1.165) is 16.7 Å². The van der Waals surface area contributed by atoms with Crippen molar-refractivity contribution in [3.05, 3.63) is 70.0 Å². The number of halogens is 2. The second-order valence-corrected chi connectivity index (χ2v) is 5.17. The number of alkyl halides is 1. The third-order valence-corrected chi connectivity index (χ3v) is 3.67. The van der Waals surface area contributed by atoms with Crippen LogP contribution in [0.4, 0.5) is 4.39 Å². The van der Waals surface area contributed by atoms with Crippen molar-refractivity contribution in [3.8, 4) is 0 Å². The lowest BCUT2D eigenvalue weighted by atomic mass is 9.98. The average Bonchev–Trinajstić information content (AvgIpc) is 2.32. The lowest BCUT2D eigenvalue weighted by Crippen LogP contribution is -1.98. The summed E-state index contributed by atoms with van der Waals surface area (Å²) in [6.45, 7) is 5.83. The van der Waals surface area contributed by atoms with Gasteiger partial charge in [-0.1, -0.05) is 35.9 Å². The molecule has 1 unspecified atom stereocenters. The van der Waals surface area contributed by atoms with Gasteiger partial charge in [0.2, 0.25) is 0 Å². The minimum atomic E-state index is -0.305. The van der Waals surface area contributed by atoms with Crippen LogP contribution in [0.1, 0.15) is 33.2 Å². The van der Waals surface area contributed by atoms with E-state index in [4.69, 9.17) is 11.6 Å². The number of aryl methyl sites for hydroxylation is 3. The summed E-state index contributed by atoms with van der Waals surface area (Å²) in [5, 5.41) is -0.305. The molecule has 0 saturated carbocycles. The monoisotopic (exact) mass is 262 g/mol. The maximum absolute atomic E-state index is 13.6. The van der Waals surface area contributed by atoms with Crippen molar-refractivity contribution in [2.45, 2.75) is 26.1 Å². The smallest absolute Gasteiger partial charge is 0.126 e. The zero-order valence-corrected chi connectivity index (χ0v) is 11.6.